The molecule has 0 spiro atoms. The number of nitrogens with zero attached hydrogens (tertiary/aromatic N) is 1. The summed E-state index contributed by atoms with van der Waals surface area (Å²) >= 11 is 7.35. The van der Waals surface area contributed by atoms with Gasteiger partial charge in [0.2, 0.25) is 5.91 Å². The first-order valence-corrected chi connectivity index (χ1v) is 9.72. The molecule has 1 aromatic carbocycles. The number of rotatable bonds is 5. The molecule has 1 amide bonds. The molecule has 4 nitrogen and oxygen atoms in total. The fourth-order valence-corrected chi connectivity index (χ4v) is 4.66. The van der Waals surface area contributed by atoms with E-state index in [0.29, 0.717) is 17.3 Å². The van der Waals surface area contributed by atoms with Gasteiger partial charge in [-0.05, 0) is 24.6 Å². The van der Waals surface area contributed by atoms with Crippen molar-refractivity contribution in [2.45, 2.75) is 11.7 Å². The van der Waals surface area contributed by atoms with E-state index in [1.54, 1.807) is 17.0 Å². The molecule has 0 saturated carbocycles. The third-order valence-corrected chi connectivity index (χ3v) is 5.77. The number of anilines is 1. The molecule has 110 valence electrons. The van der Waals surface area contributed by atoms with Crippen LogP contribution >= 0.6 is 23.4 Å². The molecule has 1 heterocycles. The highest BCUT2D eigenvalue weighted by atomic mass is 35.5. The van der Waals surface area contributed by atoms with Gasteiger partial charge in [-0.15, -0.1) is 11.8 Å². The van der Waals surface area contributed by atoms with Crippen LogP contribution in [-0.4, -0.2) is 43.9 Å². The van der Waals surface area contributed by atoms with Crippen LogP contribution in [0.25, 0.3) is 0 Å². The molecule has 0 bridgehead atoms. The third-order valence-electron chi connectivity index (χ3n) is 3.05. The number of carbonyl (C=O) groups excluding carboxylic acids is 1. The van der Waals surface area contributed by atoms with Gasteiger partial charge in [-0.3, -0.25) is 4.79 Å². The van der Waals surface area contributed by atoms with Crippen LogP contribution in [0.5, 0.6) is 0 Å². The Bertz CT molecular complexity index is 603. The Hall–Kier alpha value is -0.720. The molecular weight excluding hydrogens is 318 g/mol. The van der Waals surface area contributed by atoms with Crippen molar-refractivity contribution in [1.29, 1.82) is 0 Å². The molecule has 0 aromatic heterocycles. The average molecular weight is 334 g/mol. The summed E-state index contributed by atoms with van der Waals surface area (Å²) < 4.78 is 22.2. The molecule has 1 unspecified atom stereocenters. The second kappa shape index (κ2) is 6.37. The highest BCUT2D eigenvalue weighted by Gasteiger charge is 2.32. The predicted molar refractivity (Wildman–Crippen MR) is 84.4 cm³/mol. The Labute approximate surface area is 128 Å². The summed E-state index contributed by atoms with van der Waals surface area (Å²) in [6, 6.07) is 7.20. The van der Waals surface area contributed by atoms with E-state index in [1.165, 1.54) is 18.0 Å². The number of sulfone groups is 1. The Morgan fingerprint density at radius 3 is 2.85 bits per heavy atom. The van der Waals surface area contributed by atoms with Crippen molar-refractivity contribution in [3.63, 3.8) is 0 Å². The predicted octanol–water partition coefficient (Wildman–Crippen LogP) is 2.22. The van der Waals surface area contributed by atoms with Gasteiger partial charge in [0.05, 0.1) is 11.0 Å². The van der Waals surface area contributed by atoms with Gasteiger partial charge in [0.25, 0.3) is 0 Å². The van der Waals surface area contributed by atoms with Gasteiger partial charge in [-0.1, -0.05) is 17.7 Å². The van der Waals surface area contributed by atoms with Crippen molar-refractivity contribution in [3.05, 3.63) is 29.3 Å². The lowest BCUT2D eigenvalue weighted by molar-refractivity contribution is -0.116. The van der Waals surface area contributed by atoms with E-state index in [4.69, 9.17) is 11.6 Å². The first-order valence-electron chi connectivity index (χ1n) is 6.23. The molecule has 1 aromatic rings. The lowest BCUT2D eigenvalue weighted by Gasteiger charge is -2.16. The summed E-state index contributed by atoms with van der Waals surface area (Å²) in [7, 11) is -2.97. The summed E-state index contributed by atoms with van der Waals surface area (Å²) in [5.41, 5.74) is 0.800. The topological polar surface area (TPSA) is 54.5 Å². The van der Waals surface area contributed by atoms with Crippen LogP contribution in [0.4, 0.5) is 5.69 Å². The second-order valence-electron chi connectivity index (χ2n) is 4.75. The molecule has 1 fully saturated rings. The molecule has 2 rings (SSSR count). The number of carbonyl (C=O) groups is 1. The molecule has 0 N–H and O–H groups in total. The Kier molecular flexibility index (Phi) is 4.99. The molecule has 0 radical (unpaired) electrons. The minimum atomic E-state index is -2.97. The van der Waals surface area contributed by atoms with Crippen molar-refractivity contribution in [1.82, 2.24) is 0 Å². The van der Waals surface area contributed by atoms with Crippen LogP contribution in [0.15, 0.2) is 24.3 Å². The first-order chi connectivity index (χ1) is 9.37. The van der Waals surface area contributed by atoms with Crippen LogP contribution < -0.4 is 4.90 Å². The smallest absolute Gasteiger partial charge is 0.240 e. The Morgan fingerprint density at radius 2 is 2.20 bits per heavy atom. The minimum Gasteiger partial charge on any atom is -0.311 e. The molecule has 0 aliphatic carbocycles. The van der Waals surface area contributed by atoms with Gasteiger partial charge in [0, 0.05) is 29.3 Å². The molecule has 1 aliphatic rings. The molecule has 1 atom stereocenters. The second-order valence-corrected chi connectivity index (χ2v) is 8.75. The molecule has 20 heavy (non-hydrogen) atoms. The van der Waals surface area contributed by atoms with Crippen LogP contribution in [0.1, 0.15) is 6.42 Å². The zero-order chi connectivity index (χ0) is 14.8. The van der Waals surface area contributed by atoms with Crippen LogP contribution in [0.3, 0.4) is 0 Å². The molecule has 1 saturated heterocycles. The van der Waals surface area contributed by atoms with Gasteiger partial charge in [0.1, 0.15) is 9.84 Å². The van der Waals surface area contributed by atoms with Crippen molar-refractivity contribution in [2.24, 2.45) is 0 Å². The van der Waals surface area contributed by atoms with Crippen LogP contribution in [-0.2, 0) is 14.6 Å². The zero-order valence-electron chi connectivity index (χ0n) is 11.1. The van der Waals surface area contributed by atoms with Crippen molar-refractivity contribution in [3.8, 4) is 0 Å². The van der Waals surface area contributed by atoms with E-state index in [9.17, 15) is 13.2 Å². The van der Waals surface area contributed by atoms with E-state index in [1.807, 2.05) is 12.1 Å². The van der Waals surface area contributed by atoms with Crippen LogP contribution in [0, 0.1) is 0 Å². The van der Waals surface area contributed by atoms with Gasteiger partial charge >= 0.3 is 0 Å². The van der Waals surface area contributed by atoms with Crippen molar-refractivity contribution >= 4 is 44.8 Å². The minimum absolute atomic E-state index is 0.0331. The van der Waals surface area contributed by atoms with Gasteiger partial charge in [0.15, 0.2) is 0 Å². The lowest BCUT2D eigenvalue weighted by atomic mass is 10.3. The maximum absolute atomic E-state index is 12.3. The van der Waals surface area contributed by atoms with Gasteiger partial charge in [-0.2, -0.15) is 0 Å². The van der Waals surface area contributed by atoms with E-state index >= 15 is 0 Å². The Balaban J connectivity index is 1.96. The number of hydrogen-bond donors (Lipinski definition) is 0. The number of thioether (sulfide) groups is 1. The summed E-state index contributed by atoms with van der Waals surface area (Å²) in [5.74, 6) is 0.600. The largest absolute Gasteiger partial charge is 0.311 e. The fraction of sp³-hybridized carbons (Fsp3) is 0.462. The number of benzene rings is 1. The first kappa shape index (κ1) is 15.7. The third kappa shape index (κ3) is 4.14. The van der Waals surface area contributed by atoms with E-state index in [-0.39, 0.29) is 16.9 Å². The number of halogens is 1. The van der Waals surface area contributed by atoms with E-state index in [0.717, 1.165) is 12.1 Å². The summed E-state index contributed by atoms with van der Waals surface area (Å²) in [5, 5.41) is 0.444. The van der Waals surface area contributed by atoms with Crippen molar-refractivity contribution in [2.75, 3.05) is 29.2 Å². The number of amides is 1. The molecule has 7 heteroatoms. The standard InChI is InChI=1S/C13H16ClNO3S2/c1-20(17,18)8-7-19-12-5-6-15(13(12)16)11-4-2-3-10(14)9-11/h2-4,9,12H,5-8H2,1H3. The highest BCUT2D eigenvalue weighted by molar-refractivity contribution is 8.01. The normalized spacial score (nSPS) is 19.6. The van der Waals surface area contributed by atoms with Crippen LogP contribution in [0.2, 0.25) is 5.02 Å². The van der Waals surface area contributed by atoms with Crippen molar-refractivity contribution < 1.29 is 13.2 Å². The monoisotopic (exact) mass is 333 g/mol. The lowest BCUT2D eigenvalue weighted by Crippen LogP contribution is -2.28. The highest BCUT2D eigenvalue weighted by Crippen LogP contribution is 2.29. The van der Waals surface area contributed by atoms with Gasteiger partial charge < -0.3 is 4.90 Å². The number of hydrogen-bond acceptors (Lipinski definition) is 4. The molecular formula is C13H16ClNO3S2. The molecule has 1 aliphatic heterocycles. The maximum Gasteiger partial charge on any atom is 0.240 e. The average Bonchev–Trinajstić information content (AvgIpc) is 2.70. The van der Waals surface area contributed by atoms with Gasteiger partial charge in [-0.25, -0.2) is 8.42 Å². The Morgan fingerprint density at radius 1 is 1.45 bits per heavy atom. The van der Waals surface area contributed by atoms with E-state index in [2.05, 4.69) is 0 Å². The maximum atomic E-state index is 12.3. The SMILES string of the molecule is CS(=O)(=O)CCSC1CCN(c2cccc(Cl)c2)C1=O. The zero-order valence-corrected chi connectivity index (χ0v) is 13.5. The summed E-state index contributed by atoms with van der Waals surface area (Å²) in [6.45, 7) is 0.649. The summed E-state index contributed by atoms with van der Waals surface area (Å²) in [4.78, 5) is 14.0. The van der Waals surface area contributed by atoms with E-state index < -0.39 is 9.84 Å². The fourth-order valence-electron chi connectivity index (χ4n) is 2.05. The summed E-state index contributed by atoms with van der Waals surface area (Å²) in [6.07, 6.45) is 1.95. The quantitative estimate of drug-likeness (QED) is 0.829.